The number of carbonyl (C=O) groups excluding carboxylic acids is 2. The molecule has 0 bridgehead atoms. The highest BCUT2D eigenvalue weighted by molar-refractivity contribution is 6.30. The zero-order valence-corrected chi connectivity index (χ0v) is 17.1. The van der Waals surface area contributed by atoms with E-state index in [0.29, 0.717) is 15.3 Å². The lowest BCUT2D eigenvalue weighted by atomic mass is 9.98. The first-order chi connectivity index (χ1) is 15.1. The monoisotopic (exact) mass is 468 g/mol. The molecule has 168 valence electrons. The summed E-state index contributed by atoms with van der Waals surface area (Å²) in [6.07, 6.45) is -4.02. The summed E-state index contributed by atoms with van der Waals surface area (Å²) in [4.78, 5) is 24.3. The van der Waals surface area contributed by atoms with Crippen LogP contribution < -0.4 is 11.1 Å². The van der Waals surface area contributed by atoms with E-state index in [1.807, 2.05) is 0 Å². The summed E-state index contributed by atoms with van der Waals surface area (Å²) in [6.45, 7) is -0.311. The van der Waals surface area contributed by atoms with Crippen LogP contribution in [0.3, 0.4) is 0 Å². The third-order valence-electron chi connectivity index (χ3n) is 4.66. The van der Waals surface area contributed by atoms with Crippen LogP contribution in [0.1, 0.15) is 21.6 Å². The summed E-state index contributed by atoms with van der Waals surface area (Å²) in [6, 6.07) is 10.8. The van der Waals surface area contributed by atoms with E-state index in [1.165, 1.54) is 48.5 Å². The first-order valence-electron chi connectivity index (χ1n) is 9.29. The van der Waals surface area contributed by atoms with Gasteiger partial charge in [0.15, 0.2) is 5.69 Å². The van der Waals surface area contributed by atoms with E-state index >= 15 is 0 Å². The number of nitrogens with two attached hydrogens (primary N) is 1. The Morgan fingerprint density at radius 3 is 2.28 bits per heavy atom. The van der Waals surface area contributed by atoms with Crippen molar-refractivity contribution in [2.45, 2.75) is 12.6 Å². The van der Waals surface area contributed by atoms with Gasteiger partial charge in [-0.2, -0.15) is 18.3 Å². The molecule has 0 saturated heterocycles. The van der Waals surface area contributed by atoms with Gasteiger partial charge in [0.25, 0.3) is 5.91 Å². The van der Waals surface area contributed by atoms with E-state index in [-0.39, 0.29) is 18.7 Å². The van der Waals surface area contributed by atoms with Gasteiger partial charge in [0.1, 0.15) is 5.82 Å². The molecule has 0 aliphatic rings. The second-order valence-corrected chi connectivity index (χ2v) is 7.37. The molecule has 2 aromatic carbocycles. The highest BCUT2D eigenvalue weighted by Gasteiger charge is 2.40. The Morgan fingerprint density at radius 2 is 1.72 bits per heavy atom. The lowest BCUT2D eigenvalue weighted by Crippen LogP contribution is -2.37. The van der Waals surface area contributed by atoms with Crippen molar-refractivity contribution < 1.29 is 27.2 Å². The van der Waals surface area contributed by atoms with E-state index in [2.05, 4.69) is 10.4 Å². The van der Waals surface area contributed by atoms with Crippen molar-refractivity contribution >= 4 is 23.4 Å². The van der Waals surface area contributed by atoms with E-state index < -0.39 is 41.0 Å². The fraction of sp³-hybridized carbons (Fsp3) is 0.190. The fourth-order valence-electron chi connectivity index (χ4n) is 3.05. The van der Waals surface area contributed by atoms with Crippen LogP contribution in [0.2, 0.25) is 5.02 Å². The minimum absolute atomic E-state index is 0.0621. The zero-order chi connectivity index (χ0) is 23.5. The standard InChI is InChI=1S/C21H17ClF4N4O2/c22-14-3-7-16(8-4-14)30-18(21(24,25)26)17(11-29-30)20(32)28-10-13(19(27)31)9-12-1-5-15(23)6-2-12/h1-8,11,13H,9-10H2,(H2,27,31)(H,28,32). The molecule has 6 nitrogen and oxygen atoms in total. The Bertz CT molecular complexity index is 1110. The second kappa shape index (κ2) is 9.39. The normalized spacial score (nSPS) is 12.4. The molecule has 3 N–H and O–H groups in total. The van der Waals surface area contributed by atoms with Crippen molar-refractivity contribution in [3.63, 3.8) is 0 Å². The van der Waals surface area contributed by atoms with Crippen LogP contribution in [-0.2, 0) is 17.4 Å². The number of primary amides is 1. The summed E-state index contributed by atoms with van der Waals surface area (Å²) in [7, 11) is 0. The number of nitrogens with zero attached hydrogens (tertiary/aromatic N) is 2. The molecule has 1 atom stereocenters. The maximum Gasteiger partial charge on any atom is 0.434 e. The Morgan fingerprint density at radius 1 is 1.09 bits per heavy atom. The number of benzene rings is 2. The topological polar surface area (TPSA) is 90.0 Å². The van der Waals surface area contributed by atoms with Crippen LogP contribution in [-0.4, -0.2) is 28.1 Å². The molecule has 0 aliphatic heterocycles. The molecule has 1 aromatic heterocycles. The van der Waals surface area contributed by atoms with Gasteiger partial charge in [0.05, 0.1) is 23.4 Å². The van der Waals surface area contributed by atoms with Gasteiger partial charge in [-0.15, -0.1) is 0 Å². The number of hydrogen-bond acceptors (Lipinski definition) is 3. The summed E-state index contributed by atoms with van der Waals surface area (Å²) in [5.74, 6) is -3.20. The van der Waals surface area contributed by atoms with Crippen molar-refractivity contribution in [3.05, 3.63) is 82.4 Å². The molecular weight excluding hydrogens is 452 g/mol. The first kappa shape index (κ1) is 23.3. The predicted molar refractivity (Wildman–Crippen MR) is 109 cm³/mol. The molecule has 32 heavy (non-hydrogen) atoms. The molecule has 0 spiro atoms. The lowest BCUT2D eigenvalue weighted by Gasteiger charge is -2.16. The largest absolute Gasteiger partial charge is 0.434 e. The van der Waals surface area contributed by atoms with Crippen LogP contribution in [0.4, 0.5) is 17.6 Å². The molecule has 11 heteroatoms. The Balaban J connectivity index is 1.81. The average Bonchev–Trinajstić information content (AvgIpc) is 3.18. The van der Waals surface area contributed by atoms with Crippen molar-refractivity contribution in [1.29, 1.82) is 0 Å². The minimum atomic E-state index is -4.89. The summed E-state index contributed by atoms with van der Waals surface area (Å²) < 4.78 is 54.9. The van der Waals surface area contributed by atoms with Gasteiger partial charge < -0.3 is 11.1 Å². The van der Waals surface area contributed by atoms with Crippen molar-refractivity contribution in [1.82, 2.24) is 15.1 Å². The average molecular weight is 469 g/mol. The van der Waals surface area contributed by atoms with Crippen LogP contribution in [0.15, 0.2) is 54.7 Å². The second-order valence-electron chi connectivity index (χ2n) is 6.93. The van der Waals surface area contributed by atoms with E-state index in [1.54, 1.807) is 0 Å². The van der Waals surface area contributed by atoms with Gasteiger partial charge in [-0.05, 0) is 48.4 Å². The smallest absolute Gasteiger partial charge is 0.369 e. The number of amides is 2. The highest BCUT2D eigenvalue weighted by Crippen LogP contribution is 2.33. The van der Waals surface area contributed by atoms with Gasteiger partial charge in [-0.3, -0.25) is 9.59 Å². The molecule has 3 rings (SSSR count). The number of alkyl halides is 3. The number of aromatic nitrogens is 2. The Kier molecular flexibility index (Phi) is 6.83. The third kappa shape index (κ3) is 5.44. The van der Waals surface area contributed by atoms with Gasteiger partial charge >= 0.3 is 6.18 Å². The van der Waals surface area contributed by atoms with Gasteiger partial charge in [-0.1, -0.05) is 23.7 Å². The van der Waals surface area contributed by atoms with Crippen molar-refractivity contribution in [2.24, 2.45) is 11.7 Å². The van der Waals surface area contributed by atoms with Gasteiger partial charge in [0, 0.05) is 11.6 Å². The maximum atomic E-state index is 13.7. The van der Waals surface area contributed by atoms with Crippen LogP contribution >= 0.6 is 11.6 Å². The summed E-state index contributed by atoms with van der Waals surface area (Å²) in [5.41, 5.74) is 4.02. The zero-order valence-electron chi connectivity index (χ0n) is 16.4. The molecule has 0 fully saturated rings. The Labute approximate surface area is 185 Å². The van der Waals surface area contributed by atoms with Crippen molar-refractivity contribution in [3.8, 4) is 5.69 Å². The lowest BCUT2D eigenvalue weighted by molar-refractivity contribution is -0.143. The van der Waals surface area contributed by atoms with Crippen LogP contribution in [0, 0.1) is 11.7 Å². The summed E-state index contributed by atoms with van der Waals surface area (Å²) in [5, 5.41) is 6.34. The molecule has 1 heterocycles. The number of carbonyl (C=O) groups is 2. The maximum absolute atomic E-state index is 13.7. The van der Waals surface area contributed by atoms with E-state index in [0.717, 1.165) is 6.20 Å². The van der Waals surface area contributed by atoms with Crippen molar-refractivity contribution in [2.75, 3.05) is 6.54 Å². The molecule has 1 unspecified atom stereocenters. The predicted octanol–water partition coefficient (Wildman–Crippen LogP) is 3.76. The highest BCUT2D eigenvalue weighted by atomic mass is 35.5. The number of rotatable bonds is 7. The van der Waals surface area contributed by atoms with Crippen LogP contribution in [0.5, 0.6) is 0 Å². The molecule has 0 aliphatic carbocycles. The summed E-state index contributed by atoms with van der Waals surface area (Å²) >= 11 is 5.77. The fourth-order valence-corrected chi connectivity index (χ4v) is 3.18. The number of hydrogen-bond donors (Lipinski definition) is 2. The molecule has 0 saturated carbocycles. The van der Waals surface area contributed by atoms with Crippen LogP contribution in [0.25, 0.3) is 5.69 Å². The van der Waals surface area contributed by atoms with Gasteiger partial charge in [0.2, 0.25) is 5.91 Å². The third-order valence-corrected chi connectivity index (χ3v) is 4.91. The molecular formula is C21H17ClF4N4O2. The van der Waals surface area contributed by atoms with Gasteiger partial charge in [-0.25, -0.2) is 9.07 Å². The van der Waals surface area contributed by atoms with E-state index in [9.17, 15) is 27.2 Å². The number of halogens is 5. The molecule has 0 radical (unpaired) electrons. The number of nitrogens with one attached hydrogen (secondary N) is 1. The van der Waals surface area contributed by atoms with E-state index in [4.69, 9.17) is 17.3 Å². The molecule has 2 amide bonds. The Hall–Kier alpha value is -3.40. The SMILES string of the molecule is NC(=O)C(CNC(=O)c1cnn(-c2ccc(Cl)cc2)c1C(F)(F)F)Cc1ccc(F)cc1. The first-order valence-corrected chi connectivity index (χ1v) is 9.67. The quantitative estimate of drug-likeness (QED) is 0.517. The minimum Gasteiger partial charge on any atom is -0.369 e. The molecule has 3 aromatic rings.